The van der Waals surface area contributed by atoms with Crippen molar-refractivity contribution in [3.8, 4) is 6.07 Å². The molecule has 0 fully saturated rings. The fourth-order valence-corrected chi connectivity index (χ4v) is 2.39. The van der Waals surface area contributed by atoms with Crippen LogP contribution in [-0.2, 0) is 30.4 Å². The van der Waals surface area contributed by atoms with Gasteiger partial charge in [-0.15, -0.1) is 0 Å². The lowest BCUT2D eigenvalue weighted by atomic mass is 10.2. The van der Waals surface area contributed by atoms with Crippen LogP contribution in [0.3, 0.4) is 0 Å². The summed E-state index contributed by atoms with van der Waals surface area (Å²) in [5.74, 6) is -0.678. The van der Waals surface area contributed by atoms with Gasteiger partial charge in [0.15, 0.2) is 5.76 Å². The van der Waals surface area contributed by atoms with Crippen molar-refractivity contribution >= 4 is 10.1 Å². The average Bonchev–Trinajstić information content (AvgIpc) is 2.88. The molecule has 1 aromatic rings. The molecule has 1 aromatic carbocycles. The monoisotopic (exact) mass is 363 g/mol. The summed E-state index contributed by atoms with van der Waals surface area (Å²) in [7, 11) is -5.84. The number of ether oxygens (including phenoxy) is 2. The first kappa shape index (κ1) is 18.3. The van der Waals surface area contributed by atoms with E-state index in [0.29, 0.717) is 0 Å². The molecular weight excluding hydrogens is 351 g/mol. The Kier molecular flexibility index (Phi) is 5.48. The number of alkyl halides is 3. The summed E-state index contributed by atoms with van der Waals surface area (Å²) in [5, 5.41) is 9.02. The Morgan fingerprint density at radius 2 is 1.96 bits per heavy atom. The van der Waals surface area contributed by atoms with E-state index in [4.69, 9.17) is 14.7 Å². The lowest BCUT2D eigenvalue weighted by molar-refractivity contribution is -0.0527. The van der Waals surface area contributed by atoms with Gasteiger partial charge in [0, 0.05) is 0 Å². The second-order valence-electron chi connectivity index (χ2n) is 4.73. The van der Waals surface area contributed by atoms with Crippen molar-refractivity contribution in [1.82, 2.24) is 0 Å². The van der Waals surface area contributed by atoms with E-state index < -0.39 is 34.1 Å². The van der Waals surface area contributed by atoms with Gasteiger partial charge in [0.05, 0.1) is 13.2 Å². The molecule has 2 rings (SSSR count). The van der Waals surface area contributed by atoms with E-state index in [-0.39, 0.29) is 18.8 Å². The quantitative estimate of drug-likeness (QED) is 0.569. The largest absolute Gasteiger partial charge is 0.534 e. The van der Waals surface area contributed by atoms with E-state index >= 15 is 0 Å². The maximum absolute atomic E-state index is 12.3. The molecule has 6 nitrogen and oxygen atoms in total. The first-order valence-electron chi connectivity index (χ1n) is 6.62. The van der Waals surface area contributed by atoms with Crippen molar-refractivity contribution in [2.24, 2.45) is 0 Å². The maximum Gasteiger partial charge on any atom is 0.534 e. The van der Waals surface area contributed by atoms with Crippen molar-refractivity contribution in [3.63, 3.8) is 0 Å². The minimum absolute atomic E-state index is 0.128. The number of hydrogen-bond donors (Lipinski definition) is 0. The molecule has 1 atom stereocenters. The molecule has 0 aliphatic carbocycles. The summed E-state index contributed by atoms with van der Waals surface area (Å²) < 4.78 is 73.4. The zero-order valence-corrected chi connectivity index (χ0v) is 12.9. The van der Waals surface area contributed by atoms with E-state index in [1.807, 2.05) is 6.07 Å². The number of nitrogens with zero attached hydrogens (tertiary/aromatic N) is 1. The molecule has 10 heteroatoms. The highest BCUT2D eigenvalue weighted by atomic mass is 32.2. The van der Waals surface area contributed by atoms with Gasteiger partial charge in [-0.05, 0) is 5.56 Å². The fraction of sp³-hybridized carbons (Fsp3) is 0.357. The van der Waals surface area contributed by atoms with Crippen molar-refractivity contribution in [1.29, 1.82) is 5.26 Å². The molecule has 24 heavy (non-hydrogen) atoms. The summed E-state index contributed by atoms with van der Waals surface area (Å²) in [6.07, 6.45) is -0.989. The molecule has 0 amide bonds. The number of rotatable bonds is 6. The van der Waals surface area contributed by atoms with Gasteiger partial charge in [0.1, 0.15) is 24.4 Å². The molecule has 1 aliphatic heterocycles. The summed E-state index contributed by atoms with van der Waals surface area (Å²) in [6, 6.07) is 10.7. The number of benzene rings is 1. The third-order valence-corrected chi connectivity index (χ3v) is 4.02. The molecule has 0 radical (unpaired) electrons. The third-order valence-electron chi connectivity index (χ3n) is 3.03. The first-order chi connectivity index (χ1) is 11.2. The smallest absolute Gasteiger partial charge is 0.377 e. The molecule has 0 saturated heterocycles. The van der Waals surface area contributed by atoms with Crippen molar-refractivity contribution in [3.05, 3.63) is 47.2 Å². The standard InChI is InChI=1S/C14H12F3NO5S/c15-14(16,17)24(19,20)23-13-9-22-12(11(13)6-18)8-21-7-10-4-2-1-3-5-10/h1-5,12H,7-9H2. The summed E-state index contributed by atoms with van der Waals surface area (Å²) in [4.78, 5) is 0. The molecule has 1 heterocycles. The van der Waals surface area contributed by atoms with Crippen LogP contribution in [0.1, 0.15) is 5.56 Å². The molecule has 0 aromatic heterocycles. The molecular formula is C14H12F3NO5S. The molecule has 0 N–H and O–H groups in total. The normalized spacial score (nSPS) is 18.5. The van der Waals surface area contributed by atoms with Gasteiger partial charge < -0.3 is 13.7 Å². The van der Waals surface area contributed by atoms with Gasteiger partial charge >= 0.3 is 15.6 Å². The zero-order chi connectivity index (χ0) is 17.8. The maximum atomic E-state index is 12.3. The fourth-order valence-electron chi connectivity index (χ4n) is 1.89. The van der Waals surface area contributed by atoms with Crippen molar-refractivity contribution in [2.45, 2.75) is 18.2 Å². The molecule has 0 spiro atoms. The van der Waals surface area contributed by atoms with E-state index in [9.17, 15) is 21.6 Å². The summed E-state index contributed by atoms with van der Waals surface area (Å²) in [6.45, 7) is -0.481. The average molecular weight is 363 g/mol. The van der Waals surface area contributed by atoms with Crippen LogP contribution < -0.4 is 0 Å². The molecule has 130 valence electrons. The Morgan fingerprint density at radius 1 is 1.29 bits per heavy atom. The Bertz CT molecular complexity index is 753. The predicted molar refractivity (Wildman–Crippen MR) is 74.5 cm³/mol. The highest BCUT2D eigenvalue weighted by Crippen LogP contribution is 2.30. The minimum Gasteiger partial charge on any atom is -0.377 e. The first-order valence-corrected chi connectivity index (χ1v) is 8.02. The van der Waals surface area contributed by atoms with E-state index in [1.165, 1.54) is 0 Å². The van der Waals surface area contributed by atoms with E-state index in [2.05, 4.69) is 4.18 Å². The topological polar surface area (TPSA) is 85.6 Å². The Hall–Kier alpha value is -2.09. The number of halogens is 3. The highest BCUT2D eigenvalue weighted by Gasteiger charge is 2.50. The van der Waals surface area contributed by atoms with Gasteiger partial charge in [-0.1, -0.05) is 30.3 Å². The molecule has 1 unspecified atom stereocenters. The molecule has 0 bridgehead atoms. The van der Waals surface area contributed by atoms with Crippen molar-refractivity contribution in [2.75, 3.05) is 13.2 Å². The number of nitriles is 1. The van der Waals surface area contributed by atoms with Crippen LogP contribution in [0.25, 0.3) is 0 Å². The van der Waals surface area contributed by atoms with E-state index in [1.54, 1.807) is 30.3 Å². The summed E-state index contributed by atoms with van der Waals surface area (Å²) >= 11 is 0. The van der Waals surface area contributed by atoms with Gasteiger partial charge in [0.2, 0.25) is 0 Å². The second-order valence-corrected chi connectivity index (χ2v) is 6.27. The van der Waals surface area contributed by atoms with Crippen LogP contribution in [0.2, 0.25) is 0 Å². The Morgan fingerprint density at radius 3 is 2.54 bits per heavy atom. The van der Waals surface area contributed by atoms with Crippen LogP contribution in [0, 0.1) is 11.3 Å². The lowest BCUT2D eigenvalue weighted by Crippen LogP contribution is -2.25. The highest BCUT2D eigenvalue weighted by molar-refractivity contribution is 7.87. The zero-order valence-electron chi connectivity index (χ0n) is 12.1. The van der Waals surface area contributed by atoms with Crippen molar-refractivity contribution < 1.29 is 35.2 Å². The van der Waals surface area contributed by atoms with Crippen LogP contribution in [0.15, 0.2) is 41.7 Å². The molecule has 0 saturated carbocycles. The van der Waals surface area contributed by atoms with Gasteiger partial charge in [-0.2, -0.15) is 26.9 Å². The Labute approximate surface area is 136 Å². The SMILES string of the molecule is N#CC1=C(OS(=O)(=O)C(F)(F)F)COC1COCc1ccccc1. The predicted octanol–water partition coefficient (Wildman–Crippen LogP) is 2.25. The second kappa shape index (κ2) is 7.21. The third kappa shape index (κ3) is 4.25. The Balaban J connectivity index is 2.01. The number of hydrogen-bond acceptors (Lipinski definition) is 6. The van der Waals surface area contributed by atoms with Gasteiger partial charge in [-0.3, -0.25) is 0 Å². The van der Waals surface area contributed by atoms with Crippen LogP contribution in [0.5, 0.6) is 0 Å². The minimum atomic E-state index is -5.84. The summed E-state index contributed by atoms with van der Waals surface area (Å²) in [5.41, 5.74) is -5.06. The van der Waals surface area contributed by atoms with E-state index in [0.717, 1.165) is 5.56 Å². The lowest BCUT2D eigenvalue weighted by Gasteiger charge is -2.11. The van der Waals surface area contributed by atoms with Gasteiger partial charge in [-0.25, -0.2) is 0 Å². The molecule has 1 aliphatic rings. The van der Waals surface area contributed by atoms with Crippen LogP contribution >= 0.6 is 0 Å². The van der Waals surface area contributed by atoms with Gasteiger partial charge in [0.25, 0.3) is 0 Å². The van der Waals surface area contributed by atoms with Crippen LogP contribution in [-0.4, -0.2) is 33.2 Å². The van der Waals surface area contributed by atoms with Crippen LogP contribution in [0.4, 0.5) is 13.2 Å².